The van der Waals surface area contributed by atoms with Gasteiger partial charge in [-0.05, 0) is 54.8 Å². The van der Waals surface area contributed by atoms with Gasteiger partial charge in [-0.25, -0.2) is 4.98 Å². The van der Waals surface area contributed by atoms with Gasteiger partial charge in [0.2, 0.25) is 5.91 Å². The van der Waals surface area contributed by atoms with Crippen molar-refractivity contribution in [2.75, 3.05) is 22.6 Å². The fraction of sp³-hybridized carbons (Fsp3) is 0.294. The van der Waals surface area contributed by atoms with Gasteiger partial charge in [-0.15, -0.1) is 0 Å². The molecule has 9 heteroatoms. The molecule has 0 spiro atoms. The minimum atomic E-state index is -4.41. The Balaban J connectivity index is 1.94. The van der Waals surface area contributed by atoms with E-state index in [0.29, 0.717) is 17.8 Å². The molecule has 2 aromatic rings. The molecule has 4 N–H and O–H groups in total. The number of anilines is 3. The van der Waals surface area contributed by atoms with Crippen LogP contribution >= 0.6 is 11.8 Å². The molecule has 0 saturated carbocycles. The van der Waals surface area contributed by atoms with Crippen LogP contribution < -0.4 is 16.4 Å². The maximum absolute atomic E-state index is 12.5. The number of nitrogens with one attached hydrogen (secondary N) is 2. The molecular formula is C17H19F3N4OS. The third kappa shape index (κ3) is 5.92. The van der Waals surface area contributed by atoms with Crippen LogP contribution in [0.25, 0.3) is 0 Å². The fourth-order valence-electron chi connectivity index (χ4n) is 2.03. The summed E-state index contributed by atoms with van der Waals surface area (Å²) >= 11 is 1.62. The standard InChI is InChI=1S/C17H19F3N4OS/c1-26-9-8-14(21)16(25)24-13-5-3-12(4-6-13)23-15-7-2-11(10-22-15)17(18,19)20/h2-7,10,14H,8-9,21H2,1H3,(H,22,23)(H,24,25)/t14-/m0/s1. The molecule has 140 valence electrons. The van der Waals surface area contributed by atoms with Crippen LogP contribution in [0, 0.1) is 0 Å². The second-order valence-electron chi connectivity index (χ2n) is 5.51. The smallest absolute Gasteiger partial charge is 0.340 e. The van der Waals surface area contributed by atoms with Crippen LogP contribution in [-0.2, 0) is 11.0 Å². The minimum absolute atomic E-state index is 0.260. The van der Waals surface area contributed by atoms with Gasteiger partial charge in [-0.1, -0.05) is 0 Å². The number of aromatic nitrogens is 1. The Hall–Kier alpha value is -2.26. The van der Waals surface area contributed by atoms with Gasteiger partial charge in [-0.3, -0.25) is 4.79 Å². The van der Waals surface area contributed by atoms with Crippen LogP contribution in [0.3, 0.4) is 0 Å². The molecule has 0 aliphatic carbocycles. The van der Waals surface area contributed by atoms with Crippen LogP contribution in [-0.4, -0.2) is 28.9 Å². The Kier molecular flexibility index (Phi) is 6.87. The highest BCUT2D eigenvalue weighted by Crippen LogP contribution is 2.29. The number of pyridine rings is 1. The summed E-state index contributed by atoms with van der Waals surface area (Å²) in [7, 11) is 0. The number of carbonyl (C=O) groups is 1. The maximum Gasteiger partial charge on any atom is 0.417 e. The highest BCUT2D eigenvalue weighted by atomic mass is 32.2. The average molecular weight is 384 g/mol. The Bertz CT molecular complexity index is 720. The lowest BCUT2D eigenvalue weighted by molar-refractivity contribution is -0.137. The molecule has 0 bridgehead atoms. The predicted molar refractivity (Wildman–Crippen MR) is 98.6 cm³/mol. The van der Waals surface area contributed by atoms with Crippen LogP contribution in [0.15, 0.2) is 42.6 Å². The zero-order valence-electron chi connectivity index (χ0n) is 14.0. The molecule has 5 nitrogen and oxygen atoms in total. The van der Waals surface area contributed by atoms with Crippen LogP contribution in [0.2, 0.25) is 0 Å². The zero-order valence-corrected chi connectivity index (χ0v) is 14.8. The van der Waals surface area contributed by atoms with Crippen LogP contribution in [0.1, 0.15) is 12.0 Å². The molecule has 0 radical (unpaired) electrons. The molecule has 0 saturated heterocycles. The van der Waals surface area contributed by atoms with Crippen molar-refractivity contribution in [1.82, 2.24) is 4.98 Å². The lowest BCUT2D eigenvalue weighted by Gasteiger charge is -2.12. The highest BCUT2D eigenvalue weighted by molar-refractivity contribution is 7.98. The summed E-state index contributed by atoms with van der Waals surface area (Å²) in [6, 6.07) is 8.35. The quantitative estimate of drug-likeness (QED) is 0.675. The van der Waals surface area contributed by atoms with Crippen molar-refractivity contribution in [3.8, 4) is 0 Å². The first-order valence-electron chi connectivity index (χ1n) is 7.75. The van der Waals surface area contributed by atoms with Crippen molar-refractivity contribution in [1.29, 1.82) is 0 Å². The summed E-state index contributed by atoms with van der Waals surface area (Å²) in [4.78, 5) is 15.7. The Morgan fingerprint density at radius 2 is 1.85 bits per heavy atom. The van der Waals surface area contributed by atoms with Crippen molar-refractivity contribution in [3.05, 3.63) is 48.2 Å². The number of rotatable bonds is 7. The molecule has 0 aliphatic rings. The van der Waals surface area contributed by atoms with E-state index in [1.165, 1.54) is 6.07 Å². The second kappa shape index (κ2) is 8.91. The largest absolute Gasteiger partial charge is 0.417 e. The highest BCUT2D eigenvalue weighted by Gasteiger charge is 2.30. The van der Waals surface area contributed by atoms with E-state index < -0.39 is 17.8 Å². The number of benzene rings is 1. The number of nitrogens with zero attached hydrogens (tertiary/aromatic N) is 1. The van der Waals surface area contributed by atoms with E-state index >= 15 is 0 Å². The third-order valence-electron chi connectivity index (χ3n) is 3.49. The van der Waals surface area contributed by atoms with Crippen molar-refractivity contribution < 1.29 is 18.0 Å². The summed E-state index contributed by atoms with van der Waals surface area (Å²) in [6.45, 7) is 0. The SMILES string of the molecule is CSCC[C@H](N)C(=O)Nc1ccc(Nc2ccc(C(F)(F)F)cn2)cc1. The summed E-state index contributed by atoms with van der Waals surface area (Å²) in [5.74, 6) is 0.829. The Morgan fingerprint density at radius 3 is 2.38 bits per heavy atom. The summed E-state index contributed by atoms with van der Waals surface area (Å²) in [6.07, 6.45) is -1.11. The van der Waals surface area contributed by atoms with E-state index in [1.807, 2.05) is 6.26 Å². The molecule has 1 aromatic carbocycles. The number of amides is 1. The van der Waals surface area contributed by atoms with Crippen molar-refractivity contribution in [3.63, 3.8) is 0 Å². The fourth-order valence-corrected chi connectivity index (χ4v) is 2.52. The number of halogens is 3. The van der Waals surface area contributed by atoms with E-state index in [1.54, 1.807) is 36.0 Å². The summed E-state index contributed by atoms with van der Waals surface area (Å²) in [5, 5.41) is 5.62. The monoisotopic (exact) mass is 384 g/mol. The summed E-state index contributed by atoms with van der Waals surface area (Å²) in [5.41, 5.74) is 6.20. The number of alkyl halides is 3. The molecule has 26 heavy (non-hydrogen) atoms. The average Bonchev–Trinajstić information content (AvgIpc) is 2.61. The first kappa shape index (κ1) is 20.1. The normalized spacial score (nSPS) is 12.5. The van der Waals surface area contributed by atoms with E-state index in [0.717, 1.165) is 18.0 Å². The van der Waals surface area contributed by atoms with Crippen molar-refractivity contribution >= 4 is 34.9 Å². The molecule has 1 aromatic heterocycles. The zero-order chi connectivity index (χ0) is 19.2. The lowest BCUT2D eigenvalue weighted by atomic mass is 10.2. The maximum atomic E-state index is 12.5. The van der Waals surface area contributed by atoms with Crippen LogP contribution in [0.4, 0.5) is 30.4 Å². The number of nitrogens with two attached hydrogens (primary N) is 1. The van der Waals surface area contributed by atoms with E-state index in [-0.39, 0.29) is 11.7 Å². The first-order chi connectivity index (χ1) is 12.3. The molecule has 0 aliphatic heterocycles. The van der Waals surface area contributed by atoms with Gasteiger partial charge >= 0.3 is 6.18 Å². The Morgan fingerprint density at radius 1 is 1.19 bits per heavy atom. The topological polar surface area (TPSA) is 80.0 Å². The van der Waals surface area contributed by atoms with E-state index in [9.17, 15) is 18.0 Å². The predicted octanol–water partition coefficient (Wildman–Crippen LogP) is 3.86. The van der Waals surface area contributed by atoms with Gasteiger partial charge in [0.25, 0.3) is 0 Å². The minimum Gasteiger partial charge on any atom is -0.340 e. The van der Waals surface area contributed by atoms with Crippen LogP contribution in [0.5, 0.6) is 0 Å². The first-order valence-corrected chi connectivity index (χ1v) is 9.14. The van der Waals surface area contributed by atoms with Gasteiger partial charge in [0.15, 0.2) is 0 Å². The molecule has 0 unspecified atom stereocenters. The van der Waals surface area contributed by atoms with Crippen molar-refractivity contribution in [2.45, 2.75) is 18.6 Å². The molecule has 1 atom stereocenters. The second-order valence-corrected chi connectivity index (χ2v) is 6.50. The molecule has 0 fully saturated rings. The molecule has 1 heterocycles. The van der Waals surface area contributed by atoms with E-state index in [4.69, 9.17) is 5.73 Å². The Labute approximate surface area is 153 Å². The van der Waals surface area contributed by atoms with Gasteiger partial charge in [0.1, 0.15) is 5.82 Å². The molecule has 1 amide bonds. The molecule has 2 rings (SSSR count). The van der Waals surface area contributed by atoms with Gasteiger partial charge in [-0.2, -0.15) is 24.9 Å². The molecular weight excluding hydrogens is 365 g/mol. The number of carbonyl (C=O) groups excluding carboxylic acids is 1. The van der Waals surface area contributed by atoms with Gasteiger partial charge in [0, 0.05) is 17.6 Å². The van der Waals surface area contributed by atoms with Gasteiger partial charge in [0.05, 0.1) is 11.6 Å². The number of hydrogen-bond acceptors (Lipinski definition) is 5. The van der Waals surface area contributed by atoms with E-state index in [2.05, 4.69) is 15.6 Å². The summed E-state index contributed by atoms with van der Waals surface area (Å²) < 4.78 is 37.5. The lowest BCUT2D eigenvalue weighted by Crippen LogP contribution is -2.36. The number of hydrogen-bond donors (Lipinski definition) is 3. The third-order valence-corrected chi connectivity index (χ3v) is 4.13. The number of thioether (sulfide) groups is 1. The van der Waals surface area contributed by atoms with Gasteiger partial charge < -0.3 is 16.4 Å². The van der Waals surface area contributed by atoms with Crippen molar-refractivity contribution in [2.24, 2.45) is 5.73 Å².